The van der Waals surface area contributed by atoms with Gasteiger partial charge in [0.05, 0.1) is 5.92 Å². The molecule has 1 aromatic rings. The van der Waals surface area contributed by atoms with Crippen molar-refractivity contribution >= 4 is 5.78 Å². The summed E-state index contributed by atoms with van der Waals surface area (Å²) >= 11 is 0. The molecular formula is C13H17NO. The van der Waals surface area contributed by atoms with Crippen molar-refractivity contribution in [2.24, 2.45) is 0 Å². The number of Topliss-reactive ketones (excluding diaryl/α,β-unsaturated/α-hetero) is 1. The van der Waals surface area contributed by atoms with Crippen molar-refractivity contribution in [3.8, 4) is 0 Å². The largest absolute Gasteiger partial charge is 0.315 e. The van der Waals surface area contributed by atoms with E-state index in [0.717, 1.165) is 13.1 Å². The minimum atomic E-state index is 0.0670. The summed E-state index contributed by atoms with van der Waals surface area (Å²) < 4.78 is 0. The van der Waals surface area contributed by atoms with Gasteiger partial charge in [-0.05, 0) is 19.4 Å². The van der Waals surface area contributed by atoms with Crippen molar-refractivity contribution < 1.29 is 4.79 Å². The third-order valence-corrected chi connectivity index (χ3v) is 2.93. The molecule has 1 aliphatic rings. The maximum absolute atomic E-state index is 11.8. The first-order valence-electron chi connectivity index (χ1n) is 5.48. The Kier molecular flexibility index (Phi) is 2.87. The predicted molar refractivity (Wildman–Crippen MR) is 61.2 cm³/mol. The molecule has 0 aromatic heterocycles. The molecule has 15 heavy (non-hydrogen) atoms. The fraction of sp³-hybridized carbons (Fsp3) is 0.462. The van der Waals surface area contributed by atoms with Crippen molar-refractivity contribution in [2.75, 3.05) is 13.1 Å². The highest BCUT2D eigenvalue weighted by Gasteiger charge is 2.23. The Morgan fingerprint density at radius 3 is 2.47 bits per heavy atom. The van der Waals surface area contributed by atoms with Gasteiger partial charge in [0, 0.05) is 19.5 Å². The Morgan fingerprint density at radius 2 is 1.87 bits per heavy atom. The van der Waals surface area contributed by atoms with E-state index in [2.05, 4.69) is 37.4 Å². The van der Waals surface area contributed by atoms with Crippen LogP contribution in [0.2, 0.25) is 0 Å². The highest BCUT2D eigenvalue weighted by atomic mass is 16.1. The Balaban J connectivity index is 2.31. The molecule has 1 aromatic carbocycles. The van der Waals surface area contributed by atoms with Crippen molar-refractivity contribution in [2.45, 2.75) is 26.2 Å². The summed E-state index contributed by atoms with van der Waals surface area (Å²) in [5.74, 6) is 0.441. The molecule has 1 unspecified atom stereocenters. The Bertz CT molecular complexity index is 364. The third kappa shape index (κ3) is 2.26. The Labute approximate surface area is 90.7 Å². The molecule has 1 fully saturated rings. The van der Waals surface area contributed by atoms with Crippen LogP contribution in [0.3, 0.4) is 0 Å². The molecule has 2 nitrogen and oxygen atoms in total. The topological polar surface area (TPSA) is 29.1 Å². The number of nitrogens with one attached hydrogen (secondary N) is 1. The van der Waals surface area contributed by atoms with Gasteiger partial charge in [-0.2, -0.15) is 0 Å². The van der Waals surface area contributed by atoms with E-state index in [9.17, 15) is 4.79 Å². The average Bonchev–Trinajstić information content (AvgIpc) is 2.16. The number of benzene rings is 1. The van der Waals surface area contributed by atoms with E-state index in [1.807, 2.05) is 0 Å². The van der Waals surface area contributed by atoms with Crippen molar-refractivity contribution in [1.29, 1.82) is 0 Å². The molecule has 1 N–H and O–H groups in total. The van der Waals surface area contributed by atoms with Gasteiger partial charge in [0.15, 0.2) is 0 Å². The summed E-state index contributed by atoms with van der Waals surface area (Å²) in [6.07, 6.45) is 0.664. The zero-order chi connectivity index (χ0) is 10.8. The lowest BCUT2D eigenvalue weighted by Gasteiger charge is -2.22. The van der Waals surface area contributed by atoms with Gasteiger partial charge < -0.3 is 5.32 Å². The molecule has 2 heteroatoms. The summed E-state index contributed by atoms with van der Waals surface area (Å²) in [7, 11) is 0. The van der Waals surface area contributed by atoms with Gasteiger partial charge in [-0.15, -0.1) is 0 Å². The number of aryl methyl sites for hydroxylation is 2. The van der Waals surface area contributed by atoms with Crippen LogP contribution in [0.25, 0.3) is 0 Å². The molecular weight excluding hydrogens is 186 g/mol. The lowest BCUT2D eigenvalue weighted by atomic mass is 9.89. The van der Waals surface area contributed by atoms with E-state index in [1.54, 1.807) is 0 Å². The zero-order valence-electron chi connectivity index (χ0n) is 9.34. The monoisotopic (exact) mass is 203 g/mol. The number of ketones is 1. The van der Waals surface area contributed by atoms with Gasteiger partial charge >= 0.3 is 0 Å². The molecule has 0 amide bonds. The van der Waals surface area contributed by atoms with E-state index in [0.29, 0.717) is 12.2 Å². The quantitative estimate of drug-likeness (QED) is 0.756. The molecule has 2 rings (SSSR count). The number of hydrogen-bond donors (Lipinski definition) is 1. The predicted octanol–water partition coefficient (Wildman–Crippen LogP) is 1.95. The van der Waals surface area contributed by atoms with Gasteiger partial charge in [0.2, 0.25) is 0 Å². The van der Waals surface area contributed by atoms with Gasteiger partial charge in [0.25, 0.3) is 0 Å². The lowest BCUT2D eigenvalue weighted by Crippen LogP contribution is -2.35. The second kappa shape index (κ2) is 4.15. The highest BCUT2D eigenvalue weighted by Crippen LogP contribution is 2.22. The standard InChI is InChI=1S/C13H17NO/c1-9-5-10(2)7-11(6-9)12-8-14-4-3-13(12)15/h5-7,12,14H,3-4,8H2,1-2H3. The van der Waals surface area contributed by atoms with E-state index >= 15 is 0 Å². The normalized spacial score (nSPS) is 21.7. The van der Waals surface area contributed by atoms with Crippen LogP contribution in [-0.4, -0.2) is 18.9 Å². The lowest BCUT2D eigenvalue weighted by molar-refractivity contribution is -0.121. The summed E-state index contributed by atoms with van der Waals surface area (Å²) in [5, 5.41) is 3.28. The van der Waals surface area contributed by atoms with Crippen LogP contribution in [0.5, 0.6) is 0 Å². The van der Waals surface area contributed by atoms with Gasteiger partial charge in [0.1, 0.15) is 5.78 Å². The molecule has 1 aliphatic heterocycles. The van der Waals surface area contributed by atoms with E-state index in [4.69, 9.17) is 0 Å². The van der Waals surface area contributed by atoms with Crippen LogP contribution in [0, 0.1) is 13.8 Å². The first-order chi connectivity index (χ1) is 7.16. The number of rotatable bonds is 1. The van der Waals surface area contributed by atoms with Crippen molar-refractivity contribution in [3.05, 3.63) is 34.9 Å². The number of piperidine rings is 1. The molecule has 0 saturated carbocycles. The van der Waals surface area contributed by atoms with Crippen molar-refractivity contribution in [1.82, 2.24) is 5.32 Å². The van der Waals surface area contributed by atoms with Gasteiger partial charge in [-0.3, -0.25) is 4.79 Å². The van der Waals surface area contributed by atoms with Crippen LogP contribution in [0.15, 0.2) is 18.2 Å². The highest BCUT2D eigenvalue weighted by molar-refractivity contribution is 5.87. The molecule has 0 radical (unpaired) electrons. The second-order valence-electron chi connectivity index (χ2n) is 4.39. The number of carbonyl (C=O) groups is 1. The van der Waals surface area contributed by atoms with Crippen LogP contribution < -0.4 is 5.32 Å². The third-order valence-electron chi connectivity index (χ3n) is 2.93. The molecule has 1 heterocycles. The fourth-order valence-corrected chi connectivity index (χ4v) is 2.26. The van der Waals surface area contributed by atoms with E-state index < -0.39 is 0 Å². The maximum Gasteiger partial charge on any atom is 0.142 e. The molecule has 0 bridgehead atoms. The molecule has 1 saturated heterocycles. The number of hydrogen-bond acceptors (Lipinski definition) is 2. The Hall–Kier alpha value is -1.15. The van der Waals surface area contributed by atoms with Crippen molar-refractivity contribution in [3.63, 3.8) is 0 Å². The molecule has 0 spiro atoms. The first kappa shape index (κ1) is 10.4. The van der Waals surface area contributed by atoms with Gasteiger partial charge in [-0.25, -0.2) is 0 Å². The second-order valence-corrected chi connectivity index (χ2v) is 4.39. The molecule has 1 atom stereocenters. The van der Waals surface area contributed by atoms with Crippen LogP contribution >= 0.6 is 0 Å². The van der Waals surface area contributed by atoms with E-state index in [-0.39, 0.29) is 5.92 Å². The molecule has 0 aliphatic carbocycles. The van der Waals surface area contributed by atoms with Crippen LogP contribution in [-0.2, 0) is 4.79 Å². The van der Waals surface area contributed by atoms with E-state index in [1.165, 1.54) is 16.7 Å². The SMILES string of the molecule is Cc1cc(C)cc(C2CNCCC2=O)c1. The Morgan fingerprint density at radius 1 is 1.20 bits per heavy atom. The summed E-state index contributed by atoms with van der Waals surface area (Å²) in [6.45, 7) is 5.79. The van der Waals surface area contributed by atoms with Gasteiger partial charge in [-0.1, -0.05) is 29.3 Å². The van der Waals surface area contributed by atoms with Crippen LogP contribution in [0.4, 0.5) is 0 Å². The minimum Gasteiger partial charge on any atom is -0.315 e. The zero-order valence-corrected chi connectivity index (χ0v) is 9.34. The maximum atomic E-state index is 11.8. The number of carbonyl (C=O) groups excluding carboxylic acids is 1. The summed E-state index contributed by atoms with van der Waals surface area (Å²) in [5.41, 5.74) is 3.65. The van der Waals surface area contributed by atoms with Crippen LogP contribution in [0.1, 0.15) is 29.0 Å². The first-order valence-corrected chi connectivity index (χ1v) is 5.48. The smallest absolute Gasteiger partial charge is 0.142 e. The molecule has 80 valence electrons. The fourth-order valence-electron chi connectivity index (χ4n) is 2.26. The minimum absolute atomic E-state index is 0.0670. The summed E-state index contributed by atoms with van der Waals surface area (Å²) in [6, 6.07) is 6.40. The summed E-state index contributed by atoms with van der Waals surface area (Å²) in [4.78, 5) is 11.8. The average molecular weight is 203 g/mol.